The number of carbonyl (C=O) groups is 2. The number of primary amides is 2. The first-order valence-corrected chi connectivity index (χ1v) is 2.37. The highest BCUT2D eigenvalue weighted by Crippen LogP contribution is 1.82. The molecule has 0 unspecified atom stereocenters. The van der Waals surface area contributed by atoms with Crippen molar-refractivity contribution >= 4 is 11.8 Å². The van der Waals surface area contributed by atoms with E-state index in [4.69, 9.17) is 17.2 Å². The summed E-state index contributed by atoms with van der Waals surface area (Å²) in [7, 11) is 0. The van der Waals surface area contributed by atoms with Crippen LogP contribution in [0.5, 0.6) is 0 Å². The molecule has 0 saturated heterocycles. The van der Waals surface area contributed by atoms with Crippen molar-refractivity contribution in [2.45, 2.75) is 12.5 Å². The summed E-state index contributed by atoms with van der Waals surface area (Å²) in [6, 6.07) is -0.942. The first kappa shape index (κ1) is 7.90. The summed E-state index contributed by atoms with van der Waals surface area (Å²) in [5.74, 6) is -1.34. The summed E-state index contributed by atoms with van der Waals surface area (Å²) in [4.78, 5) is 20.2. The molecule has 0 rings (SSSR count). The molecule has 1 atom stereocenters. The molecular formula is C4H9N3O2. The molecule has 0 aliphatic heterocycles. The molecule has 0 radical (unpaired) electrons. The zero-order valence-corrected chi connectivity index (χ0v) is 4.83. The summed E-state index contributed by atoms with van der Waals surface area (Å²) in [6.45, 7) is 0. The highest BCUT2D eigenvalue weighted by atomic mass is 16.2. The van der Waals surface area contributed by atoms with Gasteiger partial charge in [0.25, 0.3) is 0 Å². The van der Waals surface area contributed by atoms with Crippen molar-refractivity contribution in [1.82, 2.24) is 0 Å². The van der Waals surface area contributed by atoms with Gasteiger partial charge in [-0.1, -0.05) is 0 Å². The molecule has 0 fully saturated rings. The van der Waals surface area contributed by atoms with E-state index in [1.54, 1.807) is 0 Å². The predicted molar refractivity (Wildman–Crippen MR) is 31.0 cm³/mol. The third-order valence-corrected chi connectivity index (χ3v) is 0.787. The normalized spacial score (nSPS) is 12.6. The SMILES string of the molecule is NC(=O)C[C@H](N)C([15NH2])=O. The summed E-state index contributed by atoms with van der Waals surface area (Å²) in [6.07, 6.45) is -0.185. The van der Waals surface area contributed by atoms with Gasteiger partial charge in [-0.05, 0) is 0 Å². The van der Waals surface area contributed by atoms with Crippen LogP contribution in [0.25, 0.3) is 0 Å². The average Bonchev–Trinajstić information content (AvgIpc) is 1.63. The van der Waals surface area contributed by atoms with E-state index in [0.29, 0.717) is 0 Å². The van der Waals surface area contributed by atoms with Crippen LogP contribution in [-0.2, 0) is 9.59 Å². The maximum atomic E-state index is 10.1. The Balaban J connectivity index is 3.63. The second kappa shape index (κ2) is 3.03. The van der Waals surface area contributed by atoms with Gasteiger partial charge >= 0.3 is 0 Å². The first-order chi connectivity index (χ1) is 4.04. The average molecular weight is 132 g/mol. The topological polar surface area (TPSA) is 112 Å². The van der Waals surface area contributed by atoms with E-state index in [9.17, 15) is 9.59 Å². The molecule has 0 aromatic rings. The Kier molecular flexibility index (Phi) is 2.66. The van der Waals surface area contributed by atoms with E-state index in [2.05, 4.69) is 0 Å². The van der Waals surface area contributed by atoms with Crippen LogP contribution in [0.3, 0.4) is 0 Å². The second-order valence-electron chi connectivity index (χ2n) is 1.68. The molecule has 6 N–H and O–H groups in total. The molecule has 0 saturated carbocycles. The molecule has 2 amide bonds. The number of nitrogens with two attached hydrogens (primary N) is 3. The zero-order valence-electron chi connectivity index (χ0n) is 4.83. The van der Waals surface area contributed by atoms with Crippen LogP contribution in [0.1, 0.15) is 6.42 Å². The lowest BCUT2D eigenvalue weighted by atomic mass is 10.2. The summed E-state index contributed by atoms with van der Waals surface area (Å²) in [5, 5.41) is 0. The van der Waals surface area contributed by atoms with Crippen LogP contribution < -0.4 is 17.2 Å². The van der Waals surface area contributed by atoms with Crippen LogP contribution >= 0.6 is 0 Å². The van der Waals surface area contributed by atoms with Crippen molar-refractivity contribution in [3.05, 3.63) is 0 Å². The standard InChI is InChI=1S/C4H9N3O2/c5-2(4(7)9)1-3(6)8/h2H,1,5H2,(H2,6,8)(H2,7,9)/t2-/m0/s1/i7+1. The molecule has 0 spiro atoms. The number of carbonyl (C=O) groups excluding carboxylic acids is 2. The molecule has 9 heavy (non-hydrogen) atoms. The lowest BCUT2D eigenvalue weighted by molar-refractivity contribution is -0.124. The quantitative estimate of drug-likeness (QED) is 0.374. The predicted octanol–water partition coefficient (Wildman–Crippen LogP) is -2.33. The van der Waals surface area contributed by atoms with Crippen molar-refractivity contribution < 1.29 is 9.59 Å². The zero-order chi connectivity index (χ0) is 7.44. The van der Waals surface area contributed by atoms with Crippen LogP contribution in [0.4, 0.5) is 0 Å². The third-order valence-electron chi connectivity index (χ3n) is 0.787. The molecule has 0 aromatic heterocycles. The van der Waals surface area contributed by atoms with Gasteiger partial charge in [0.05, 0.1) is 12.5 Å². The Morgan fingerprint density at radius 1 is 1.33 bits per heavy atom. The van der Waals surface area contributed by atoms with Gasteiger partial charge in [0.15, 0.2) is 0 Å². The minimum Gasteiger partial charge on any atom is -0.370 e. The van der Waals surface area contributed by atoms with Gasteiger partial charge < -0.3 is 17.2 Å². The van der Waals surface area contributed by atoms with Crippen LogP contribution in [0.15, 0.2) is 0 Å². The summed E-state index contributed by atoms with van der Waals surface area (Å²) < 4.78 is 0. The number of rotatable bonds is 3. The number of hydrogen-bond acceptors (Lipinski definition) is 3. The van der Waals surface area contributed by atoms with Crippen LogP contribution in [0.2, 0.25) is 0 Å². The molecule has 5 nitrogen and oxygen atoms in total. The Bertz CT molecular complexity index is 134. The van der Waals surface area contributed by atoms with Crippen LogP contribution in [0, 0.1) is 0 Å². The van der Waals surface area contributed by atoms with Gasteiger partial charge in [0, 0.05) is 0 Å². The van der Waals surface area contributed by atoms with Crippen molar-refractivity contribution in [2.24, 2.45) is 17.2 Å². The highest BCUT2D eigenvalue weighted by molar-refractivity contribution is 5.86. The molecular weight excluding hydrogens is 123 g/mol. The van der Waals surface area contributed by atoms with Gasteiger partial charge in [-0.3, -0.25) is 9.59 Å². The van der Waals surface area contributed by atoms with E-state index in [1.165, 1.54) is 0 Å². The molecule has 0 heterocycles. The van der Waals surface area contributed by atoms with Gasteiger partial charge in [0.1, 0.15) is 0 Å². The fourth-order valence-corrected chi connectivity index (χ4v) is 0.317. The fraction of sp³-hybridized carbons (Fsp3) is 0.500. The minimum absolute atomic E-state index is 0.185. The molecule has 52 valence electrons. The number of amides is 2. The third kappa shape index (κ3) is 3.48. The van der Waals surface area contributed by atoms with E-state index in [0.717, 1.165) is 0 Å². The minimum atomic E-state index is -0.942. The monoisotopic (exact) mass is 132 g/mol. The van der Waals surface area contributed by atoms with Gasteiger partial charge in [-0.15, -0.1) is 0 Å². The molecule has 0 aliphatic carbocycles. The largest absolute Gasteiger partial charge is 0.370 e. The first-order valence-electron chi connectivity index (χ1n) is 2.37. The van der Waals surface area contributed by atoms with Crippen molar-refractivity contribution in [3.63, 3.8) is 0 Å². The fourth-order valence-electron chi connectivity index (χ4n) is 0.317. The van der Waals surface area contributed by atoms with Crippen LogP contribution in [-0.4, -0.2) is 17.9 Å². The van der Waals surface area contributed by atoms with Gasteiger partial charge in [0.2, 0.25) is 11.8 Å². The maximum absolute atomic E-state index is 10.1. The lowest BCUT2D eigenvalue weighted by Gasteiger charge is -2.01. The van der Waals surface area contributed by atoms with E-state index < -0.39 is 17.9 Å². The highest BCUT2D eigenvalue weighted by Gasteiger charge is 2.10. The Morgan fingerprint density at radius 3 is 1.89 bits per heavy atom. The maximum Gasteiger partial charge on any atom is 0.234 e. The van der Waals surface area contributed by atoms with E-state index >= 15 is 0 Å². The lowest BCUT2D eigenvalue weighted by Crippen LogP contribution is -2.39. The van der Waals surface area contributed by atoms with Crippen molar-refractivity contribution in [1.29, 1.82) is 0 Å². The summed E-state index contributed by atoms with van der Waals surface area (Å²) in [5.41, 5.74) is 14.5. The van der Waals surface area contributed by atoms with E-state index in [1.807, 2.05) is 0 Å². The smallest absolute Gasteiger partial charge is 0.234 e. The molecule has 5 heteroatoms. The summed E-state index contributed by atoms with van der Waals surface area (Å²) >= 11 is 0. The Hall–Kier alpha value is -1.10. The van der Waals surface area contributed by atoms with Crippen molar-refractivity contribution in [3.8, 4) is 0 Å². The number of hydrogen-bond donors (Lipinski definition) is 3. The van der Waals surface area contributed by atoms with Gasteiger partial charge in [-0.25, -0.2) is 0 Å². The molecule has 0 aromatic carbocycles. The van der Waals surface area contributed by atoms with Gasteiger partial charge in [-0.2, -0.15) is 0 Å². The second-order valence-corrected chi connectivity index (χ2v) is 1.68. The van der Waals surface area contributed by atoms with Crippen molar-refractivity contribution in [2.75, 3.05) is 0 Å². The molecule has 0 aliphatic rings. The Labute approximate surface area is 52.2 Å². The Morgan fingerprint density at radius 2 is 1.78 bits per heavy atom. The molecule has 0 bridgehead atoms. The van der Waals surface area contributed by atoms with E-state index in [-0.39, 0.29) is 6.42 Å².